The predicted molar refractivity (Wildman–Crippen MR) is 80.8 cm³/mol. The number of aromatic nitrogens is 3. The predicted octanol–water partition coefficient (Wildman–Crippen LogP) is 1.53. The van der Waals surface area contributed by atoms with Crippen molar-refractivity contribution in [1.82, 2.24) is 20.3 Å². The number of nitrogens with zero attached hydrogens (tertiary/aromatic N) is 3. The zero-order valence-electron chi connectivity index (χ0n) is 13.0. The third kappa shape index (κ3) is 3.43. The molecule has 0 radical (unpaired) electrons. The molecular weight excluding hydrogens is 318 g/mol. The van der Waals surface area contributed by atoms with Crippen LogP contribution in [-0.2, 0) is 16.8 Å². The monoisotopic (exact) mass is 336 g/mol. The molecule has 0 bridgehead atoms. The molecule has 1 fully saturated rings. The highest BCUT2D eigenvalue weighted by molar-refractivity contribution is 5.76. The van der Waals surface area contributed by atoms with Crippen LogP contribution in [0.2, 0.25) is 0 Å². The Morgan fingerprint density at radius 3 is 3.00 bits per heavy atom. The molecule has 2 N–H and O–H groups in total. The van der Waals surface area contributed by atoms with Gasteiger partial charge in [-0.15, -0.1) is 0 Å². The van der Waals surface area contributed by atoms with Gasteiger partial charge in [0.25, 0.3) is 0 Å². The zero-order chi connectivity index (χ0) is 17.2. The molecule has 24 heavy (non-hydrogen) atoms. The number of carbonyl (C=O) groups is 1. The van der Waals surface area contributed by atoms with Crippen molar-refractivity contribution in [2.75, 3.05) is 13.1 Å². The minimum absolute atomic E-state index is 0.0509. The molecule has 8 heteroatoms. The van der Waals surface area contributed by atoms with Gasteiger partial charge in [-0.2, -0.15) is 15.4 Å². The lowest BCUT2D eigenvalue weighted by atomic mass is 9.90. The normalized spacial score (nSPS) is 21.0. The molecule has 128 valence electrons. The molecule has 1 saturated heterocycles. The van der Waals surface area contributed by atoms with Gasteiger partial charge in [-0.1, -0.05) is 0 Å². The molecule has 1 aromatic heterocycles. The van der Waals surface area contributed by atoms with Gasteiger partial charge < -0.3 is 10.0 Å². The third-order valence-electron chi connectivity index (χ3n) is 4.33. The molecule has 0 aliphatic carbocycles. The number of benzene rings is 1. The van der Waals surface area contributed by atoms with Crippen LogP contribution in [0.4, 0.5) is 8.78 Å². The van der Waals surface area contributed by atoms with E-state index in [1.54, 1.807) is 0 Å². The number of H-pyrrole nitrogens is 1. The Morgan fingerprint density at radius 1 is 1.42 bits per heavy atom. The number of amides is 1. The molecule has 2 aromatic rings. The molecule has 6 nitrogen and oxygen atoms in total. The SMILES string of the molecule is O=C(CCc1cc(F)ccc1F)N1CCC[C@](O)(c2cn[nH]n2)C1. The van der Waals surface area contributed by atoms with Crippen LogP contribution in [0.25, 0.3) is 0 Å². The van der Waals surface area contributed by atoms with E-state index in [-0.39, 0.29) is 30.9 Å². The molecule has 1 amide bonds. The lowest BCUT2D eigenvalue weighted by Crippen LogP contribution is -2.48. The van der Waals surface area contributed by atoms with Crippen LogP contribution in [0.15, 0.2) is 24.4 Å². The average molecular weight is 336 g/mol. The van der Waals surface area contributed by atoms with Crippen LogP contribution >= 0.6 is 0 Å². The maximum Gasteiger partial charge on any atom is 0.223 e. The van der Waals surface area contributed by atoms with Gasteiger partial charge in [0.2, 0.25) is 5.91 Å². The van der Waals surface area contributed by atoms with Crippen molar-refractivity contribution < 1.29 is 18.7 Å². The minimum atomic E-state index is -1.23. The fourth-order valence-electron chi connectivity index (χ4n) is 3.02. The fraction of sp³-hybridized carbons (Fsp3) is 0.438. The first-order valence-electron chi connectivity index (χ1n) is 7.78. The first-order valence-corrected chi connectivity index (χ1v) is 7.78. The van der Waals surface area contributed by atoms with Crippen LogP contribution in [0.1, 0.15) is 30.5 Å². The van der Waals surface area contributed by atoms with Crippen molar-refractivity contribution in [2.45, 2.75) is 31.3 Å². The Morgan fingerprint density at radius 2 is 2.25 bits per heavy atom. The number of nitrogens with one attached hydrogen (secondary N) is 1. The largest absolute Gasteiger partial charge is 0.382 e. The van der Waals surface area contributed by atoms with Crippen molar-refractivity contribution in [3.05, 3.63) is 47.3 Å². The summed E-state index contributed by atoms with van der Waals surface area (Å²) < 4.78 is 26.8. The number of halogens is 2. The molecule has 2 heterocycles. The summed E-state index contributed by atoms with van der Waals surface area (Å²) in [4.78, 5) is 13.9. The zero-order valence-corrected chi connectivity index (χ0v) is 13.0. The number of rotatable bonds is 4. The third-order valence-corrected chi connectivity index (χ3v) is 4.33. The van der Waals surface area contributed by atoms with E-state index in [0.717, 1.165) is 18.2 Å². The lowest BCUT2D eigenvalue weighted by Gasteiger charge is -2.38. The van der Waals surface area contributed by atoms with Crippen molar-refractivity contribution in [2.24, 2.45) is 0 Å². The van der Waals surface area contributed by atoms with Gasteiger partial charge in [0, 0.05) is 13.0 Å². The Bertz CT molecular complexity index is 723. The first kappa shape index (κ1) is 16.5. The second-order valence-corrected chi connectivity index (χ2v) is 6.04. The summed E-state index contributed by atoms with van der Waals surface area (Å²) in [6.07, 6.45) is 2.72. The van der Waals surface area contributed by atoms with Gasteiger partial charge in [0.05, 0.1) is 12.7 Å². The lowest BCUT2D eigenvalue weighted by molar-refractivity contribution is -0.139. The van der Waals surface area contributed by atoms with Crippen molar-refractivity contribution in [3.8, 4) is 0 Å². The average Bonchev–Trinajstić information content (AvgIpc) is 3.11. The Labute approximate surface area is 137 Å². The van der Waals surface area contributed by atoms with Gasteiger partial charge in [0.15, 0.2) is 0 Å². The summed E-state index contributed by atoms with van der Waals surface area (Å²) in [7, 11) is 0. The highest BCUT2D eigenvalue weighted by Crippen LogP contribution is 2.30. The molecule has 0 unspecified atom stereocenters. The fourth-order valence-corrected chi connectivity index (χ4v) is 3.02. The van der Waals surface area contributed by atoms with Crippen molar-refractivity contribution in [3.63, 3.8) is 0 Å². The van der Waals surface area contributed by atoms with Crippen molar-refractivity contribution >= 4 is 5.91 Å². The highest BCUT2D eigenvalue weighted by Gasteiger charge is 2.38. The standard InChI is InChI=1S/C16H18F2N4O2/c17-12-3-4-13(18)11(8-12)2-5-15(23)22-7-1-6-16(24,10-22)14-9-19-21-20-14/h3-4,8-9,24H,1-2,5-7,10H2,(H,19,20,21)/t16-/m1/s1. The molecule has 3 rings (SSSR count). The highest BCUT2D eigenvalue weighted by atomic mass is 19.1. The van der Waals surface area contributed by atoms with Gasteiger partial charge in [-0.3, -0.25) is 4.79 Å². The number of carbonyl (C=O) groups excluding carboxylic acids is 1. The van der Waals surface area contributed by atoms with Crippen LogP contribution in [0.3, 0.4) is 0 Å². The van der Waals surface area contributed by atoms with E-state index in [1.807, 2.05) is 0 Å². The van der Waals surface area contributed by atoms with E-state index in [2.05, 4.69) is 15.4 Å². The Balaban J connectivity index is 1.64. The molecule has 0 spiro atoms. The molecule has 1 aromatic carbocycles. The van der Waals surface area contributed by atoms with E-state index < -0.39 is 17.2 Å². The topological polar surface area (TPSA) is 82.1 Å². The van der Waals surface area contributed by atoms with Crippen LogP contribution < -0.4 is 0 Å². The van der Waals surface area contributed by atoms with E-state index in [0.29, 0.717) is 25.1 Å². The van der Waals surface area contributed by atoms with Crippen LogP contribution in [0.5, 0.6) is 0 Å². The van der Waals surface area contributed by atoms with Gasteiger partial charge >= 0.3 is 0 Å². The number of aliphatic hydroxyl groups is 1. The second-order valence-electron chi connectivity index (χ2n) is 6.04. The number of hydrogen-bond acceptors (Lipinski definition) is 4. The van der Waals surface area contributed by atoms with Crippen LogP contribution in [0, 0.1) is 11.6 Å². The summed E-state index contributed by atoms with van der Waals surface area (Å²) in [6, 6.07) is 3.20. The van der Waals surface area contributed by atoms with Gasteiger partial charge in [-0.25, -0.2) is 8.78 Å². The quantitative estimate of drug-likeness (QED) is 0.887. The first-order chi connectivity index (χ1) is 11.5. The van der Waals surface area contributed by atoms with E-state index in [9.17, 15) is 18.7 Å². The Kier molecular flexibility index (Phi) is 4.57. The van der Waals surface area contributed by atoms with Crippen molar-refractivity contribution in [1.29, 1.82) is 0 Å². The molecular formula is C16H18F2N4O2. The van der Waals surface area contributed by atoms with E-state index >= 15 is 0 Å². The number of piperidine rings is 1. The minimum Gasteiger partial charge on any atom is -0.382 e. The van der Waals surface area contributed by atoms with E-state index in [1.165, 1.54) is 11.1 Å². The smallest absolute Gasteiger partial charge is 0.223 e. The summed E-state index contributed by atoms with van der Waals surface area (Å²) >= 11 is 0. The Hall–Kier alpha value is -2.35. The number of aromatic amines is 1. The number of hydrogen-bond donors (Lipinski definition) is 2. The summed E-state index contributed by atoms with van der Waals surface area (Å²) in [5, 5.41) is 20.7. The second kappa shape index (κ2) is 6.64. The number of aryl methyl sites for hydroxylation is 1. The molecule has 1 aliphatic rings. The number of β-amino-alcohol motifs (C(OH)–C–C–N with tert-alkyl or cyclic N) is 1. The van der Waals surface area contributed by atoms with Gasteiger partial charge in [-0.05, 0) is 43.0 Å². The van der Waals surface area contributed by atoms with Gasteiger partial charge in [0.1, 0.15) is 22.9 Å². The summed E-state index contributed by atoms with van der Waals surface area (Å²) in [5.74, 6) is -1.26. The van der Waals surface area contributed by atoms with E-state index in [4.69, 9.17) is 0 Å². The summed E-state index contributed by atoms with van der Waals surface area (Å²) in [5.41, 5.74) is -0.659. The maximum absolute atomic E-state index is 13.6. The summed E-state index contributed by atoms with van der Waals surface area (Å²) in [6.45, 7) is 0.634. The maximum atomic E-state index is 13.6. The van der Waals surface area contributed by atoms with Crippen LogP contribution in [-0.4, -0.2) is 44.4 Å². The molecule has 1 aliphatic heterocycles. The molecule has 1 atom stereocenters. The molecule has 0 saturated carbocycles. The number of likely N-dealkylation sites (tertiary alicyclic amines) is 1.